The number of halogens is 1. The van der Waals surface area contributed by atoms with Crippen molar-refractivity contribution in [2.24, 2.45) is 4.99 Å². The van der Waals surface area contributed by atoms with E-state index >= 15 is 0 Å². The summed E-state index contributed by atoms with van der Waals surface area (Å²) in [5.74, 6) is 0.951. The summed E-state index contributed by atoms with van der Waals surface area (Å²) in [4.78, 5) is 12.3. The number of hydrogen-bond acceptors (Lipinski definition) is 3. The van der Waals surface area contributed by atoms with Gasteiger partial charge in [-0.25, -0.2) is 4.98 Å². The summed E-state index contributed by atoms with van der Waals surface area (Å²) in [5, 5.41) is 7.09. The van der Waals surface area contributed by atoms with E-state index in [4.69, 9.17) is 9.98 Å². The second-order valence-electron chi connectivity index (χ2n) is 8.56. The van der Waals surface area contributed by atoms with Gasteiger partial charge in [-0.1, -0.05) is 18.9 Å². The van der Waals surface area contributed by atoms with E-state index < -0.39 is 0 Å². The molecule has 0 unspecified atom stereocenters. The average Bonchev–Trinajstić information content (AvgIpc) is 3.39. The van der Waals surface area contributed by atoms with E-state index in [1.165, 1.54) is 57.2 Å². The number of hydrogen-bond donors (Lipinski definition) is 2. The number of aliphatic imine (C=N–C) groups is 1. The van der Waals surface area contributed by atoms with E-state index in [-0.39, 0.29) is 24.0 Å². The van der Waals surface area contributed by atoms with E-state index in [0.29, 0.717) is 6.04 Å². The van der Waals surface area contributed by atoms with Crippen LogP contribution in [0, 0.1) is 6.92 Å². The molecule has 0 spiro atoms. The molecule has 1 aliphatic carbocycles. The van der Waals surface area contributed by atoms with Crippen LogP contribution in [0.25, 0.3) is 5.65 Å². The number of rotatable bonds is 6. The van der Waals surface area contributed by atoms with Crippen LogP contribution in [0.15, 0.2) is 29.5 Å². The number of aromatic nitrogens is 2. The highest BCUT2D eigenvalue weighted by Crippen LogP contribution is 2.26. The Hall–Kier alpha value is -1.35. The number of imidazole rings is 1. The first kappa shape index (κ1) is 23.3. The molecule has 0 radical (unpaired) electrons. The Morgan fingerprint density at radius 1 is 1.20 bits per heavy atom. The maximum Gasteiger partial charge on any atom is 0.191 e. The molecule has 0 atom stereocenters. The number of nitrogens with zero attached hydrogens (tertiary/aromatic N) is 4. The predicted molar refractivity (Wildman–Crippen MR) is 135 cm³/mol. The SMILES string of the molecule is CCNC(=NCCc1cn2cccc(C)c2n1)NC1CCN(C2CCCC2)CC1.I. The van der Waals surface area contributed by atoms with Crippen LogP contribution >= 0.6 is 24.0 Å². The topological polar surface area (TPSA) is 57.0 Å². The highest BCUT2D eigenvalue weighted by molar-refractivity contribution is 14.0. The minimum atomic E-state index is 0. The lowest BCUT2D eigenvalue weighted by Gasteiger charge is -2.36. The fraction of sp³-hybridized carbons (Fsp3) is 0.652. The molecule has 2 N–H and O–H groups in total. The normalized spacial score (nSPS) is 19.2. The van der Waals surface area contributed by atoms with Crippen LogP contribution in [0.3, 0.4) is 0 Å². The minimum Gasteiger partial charge on any atom is -0.357 e. The van der Waals surface area contributed by atoms with Crippen LogP contribution in [0.1, 0.15) is 56.7 Å². The Labute approximate surface area is 197 Å². The van der Waals surface area contributed by atoms with Gasteiger partial charge in [-0.3, -0.25) is 4.99 Å². The summed E-state index contributed by atoms with van der Waals surface area (Å²) in [6.45, 7) is 8.32. The number of piperidine rings is 1. The van der Waals surface area contributed by atoms with Gasteiger partial charge in [0.25, 0.3) is 0 Å². The number of guanidine groups is 1. The van der Waals surface area contributed by atoms with Crippen molar-refractivity contribution >= 4 is 35.6 Å². The second kappa shape index (κ2) is 11.3. The molecule has 4 rings (SSSR count). The number of likely N-dealkylation sites (tertiary alicyclic amines) is 1. The van der Waals surface area contributed by atoms with Crippen molar-refractivity contribution in [3.05, 3.63) is 35.8 Å². The fourth-order valence-corrected chi connectivity index (χ4v) is 4.80. The van der Waals surface area contributed by atoms with Crippen molar-refractivity contribution in [3.63, 3.8) is 0 Å². The van der Waals surface area contributed by atoms with E-state index in [2.05, 4.69) is 58.3 Å². The molecule has 1 saturated carbocycles. The molecule has 1 saturated heterocycles. The van der Waals surface area contributed by atoms with Crippen LogP contribution in [-0.2, 0) is 6.42 Å². The van der Waals surface area contributed by atoms with Crippen LogP contribution in [0.2, 0.25) is 0 Å². The third-order valence-corrected chi connectivity index (χ3v) is 6.42. The van der Waals surface area contributed by atoms with Crippen molar-refractivity contribution in [1.29, 1.82) is 0 Å². The van der Waals surface area contributed by atoms with Crippen LogP contribution < -0.4 is 10.6 Å². The molecule has 2 aromatic heterocycles. The first-order chi connectivity index (χ1) is 14.2. The van der Waals surface area contributed by atoms with Crippen LogP contribution in [0.4, 0.5) is 0 Å². The number of nitrogens with one attached hydrogen (secondary N) is 2. The molecule has 2 aliphatic rings. The zero-order valence-electron chi connectivity index (χ0n) is 18.4. The van der Waals surface area contributed by atoms with E-state index in [9.17, 15) is 0 Å². The van der Waals surface area contributed by atoms with E-state index in [1.54, 1.807) is 0 Å². The molecule has 0 aromatic carbocycles. The van der Waals surface area contributed by atoms with Gasteiger partial charge in [-0.2, -0.15) is 0 Å². The maximum atomic E-state index is 4.82. The standard InChI is InChI=1S/C23H36N6.HI/c1-3-24-23(27-19-11-15-28(16-12-19)21-8-4-5-9-21)25-13-10-20-17-29-14-6-7-18(2)22(29)26-20;/h6-7,14,17,19,21H,3-5,8-13,15-16H2,1-2H3,(H2,24,25,27);1H. The lowest BCUT2D eigenvalue weighted by Crippen LogP contribution is -2.50. The number of pyridine rings is 1. The Morgan fingerprint density at radius 3 is 2.67 bits per heavy atom. The minimum absolute atomic E-state index is 0. The fourth-order valence-electron chi connectivity index (χ4n) is 4.80. The summed E-state index contributed by atoms with van der Waals surface area (Å²) in [7, 11) is 0. The lowest BCUT2D eigenvalue weighted by molar-refractivity contribution is 0.150. The largest absolute Gasteiger partial charge is 0.357 e. The van der Waals surface area contributed by atoms with Crippen molar-refractivity contribution in [2.75, 3.05) is 26.2 Å². The van der Waals surface area contributed by atoms with Gasteiger partial charge in [0, 0.05) is 57.1 Å². The van der Waals surface area contributed by atoms with Gasteiger partial charge in [-0.15, -0.1) is 24.0 Å². The smallest absolute Gasteiger partial charge is 0.191 e. The van der Waals surface area contributed by atoms with E-state index in [1.807, 2.05) is 0 Å². The first-order valence-electron chi connectivity index (χ1n) is 11.4. The molecule has 0 bridgehead atoms. The summed E-state index contributed by atoms with van der Waals surface area (Å²) in [6.07, 6.45) is 13.1. The Balaban J connectivity index is 0.00000256. The van der Waals surface area contributed by atoms with Gasteiger partial charge in [0.15, 0.2) is 5.96 Å². The molecule has 0 amide bonds. The molecule has 30 heavy (non-hydrogen) atoms. The van der Waals surface area contributed by atoms with Gasteiger partial charge in [0.2, 0.25) is 0 Å². The summed E-state index contributed by atoms with van der Waals surface area (Å²) in [6, 6.07) is 5.56. The molecule has 2 fully saturated rings. The van der Waals surface area contributed by atoms with Crippen LogP contribution in [0.5, 0.6) is 0 Å². The molecule has 3 heterocycles. The van der Waals surface area contributed by atoms with Gasteiger partial charge in [0.05, 0.1) is 5.69 Å². The van der Waals surface area contributed by atoms with Gasteiger partial charge >= 0.3 is 0 Å². The summed E-state index contributed by atoms with van der Waals surface area (Å²) >= 11 is 0. The quantitative estimate of drug-likeness (QED) is 0.343. The lowest BCUT2D eigenvalue weighted by atomic mass is 10.0. The predicted octanol–water partition coefficient (Wildman–Crippen LogP) is 3.77. The third kappa shape index (κ3) is 5.87. The third-order valence-electron chi connectivity index (χ3n) is 6.42. The first-order valence-corrected chi connectivity index (χ1v) is 11.4. The van der Waals surface area contributed by atoms with Gasteiger partial charge in [-0.05, 0) is 51.2 Å². The highest BCUT2D eigenvalue weighted by atomic mass is 127. The highest BCUT2D eigenvalue weighted by Gasteiger charge is 2.27. The summed E-state index contributed by atoms with van der Waals surface area (Å²) in [5.41, 5.74) is 3.36. The van der Waals surface area contributed by atoms with Gasteiger partial charge < -0.3 is 19.9 Å². The Kier molecular flexibility index (Phi) is 8.80. The van der Waals surface area contributed by atoms with E-state index in [0.717, 1.165) is 42.9 Å². The van der Waals surface area contributed by atoms with Crippen molar-refractivity contribution < 1.29 is 0 Å². The number of fused-ring (bicyclic) bond motifs is 1. The van der Waals surface area contributed by atoms with Crippen molar-refractivity contribution in [2.45, 2.75) is 70.9 Å². The monoisotopic (exact) mass is 524 g/mol. The molecular formula is C23H37IN6. The van der Waals surface area contributed by atoms with Crippen molar-refractivity contribution in [3.8, 4) is 0 Å². The summed E-state index contributed by atoms with van der Waals surface area (Å²) < 4.78 is 2.11. The zero-order valence-corrected chi connectivity index (χ0v) is 20.8. The van der Waals surface area contributed by atoms with Crippen LogP contribution in [-0.4, -0.2) is 58.5 Å². The molecule has 166 valence electrons. The molecule has 6 nitrogen and oxygen atoms in total. The maximum absolute atomic E-state index is 4.82. The second-order valence-corrected chi connectivity index (χ2v) is 8.56. The molecule has 2 aromatic rings. The molecular weight excluding hydrogens is 487 g/mol. The molecule has 7 heteroatoms. The average molecular weight is 524 g/mol. The van der Waals surface area contributed by atoms with Crippen molar-refractivity contribution in [1.82, 2.24) is 24.9 Å². The Bertz CT molecular complexity index is 818. The number of aryl methyl sites for hydroxylation is 1. The Morgan fingerprint density at radius 2 is 1.97 bits per heavy atom. The molecule has 1 aliphatic heterocycles. The zero-order chi connectivity index (χ0) is 20.1. The van der Waals surface area contributed by atoms with Gasteiger partial charge in [0.1, 0.15) is 5.65 Å².